The van der Waals surface area contributed by atoms with E-state index < -0.39 is 23.6 Å². The number of hydrogen-bond acceptors (Lipinski definition) is 4. The van der Waals surface area contributed by atoms with E-state index in [0.717, 1.165) is 12.5 Å². The van der Waals surface area contributed by atoms with Crippen molar-refractivity contribution in [3.05, 3.63) is 40.6 Å². The van der Waals surface area contributed by atoms with E-state index >= 15 is 0 Å². The van der Waals surface area contributed by atoms with Gasteiger partial charge >= 0.3 is 6.09 Å². The van der Waals surface area contributed by atoms with Crippen LogP contribution < -0.4 is 16.8 Å². The number of amides is 1. The Labute approximate surface area is 159 Å². The number of aliphatic hydroxyl groups excluding tert-OH is 1. The fourth-order valence-electron chi connectivity index (χ4n) is 2.42. The van der Waals surface area contributed by atoms with Crippen molar-refractivity contribution in [2.24, 2.45) is 5.73 Å². The molecule has 0 aliphatic carbocycles. The van der Waals surface area contributed by atoms with Gasteiger partial charge in [-0.1, -0.05) is 24.9 Å². The summed E-state index contributed by atoms with van der Waals surface area (Å²) < 4.78 is 19.4. The lowest BCUT2D eigenvalue weighted by molar-refractivity contribution is 0.0600. The summed E-state index contributed by atoms with van der Waals surface area (Å²) in [7, 11) is 5.47. The summed E-state index contributed by atoms with van der Waals surface area (Å²) in [6, 6.07) is 4.29. The van der Waals surface area contributed by atoms with Gasteiger partial charge in [0, 0.05) is 6.20 Å². The number of rotatable bonds is 4. The average molecular weight is 376 g/mol. The minimum Gasteiger partial charge on any atom is -0.444 e. The van der Waals surface area contributed by atoms with Gasteiger partial charge in [0.2, 0.25) is 0 Å². The number of halogens is 1. The maximum absolute atomic E-state index is 13.4. The second kappa shape index (κ2) is 9.55. The molecule has 0 bridgehead atoms. The molecule has 146 valence electrons. The molecule has 1 aromatic heterocycles. The lowest BCUT2D eigenvalue weighted by Gasteiger charge is -2.16. The van der Waals surface area contributed by atoms with Gasteiger partial charge < -0.3 is 20.1 Å². The SMILES string of the molecule is CC(C)(C)OC(N)=O.[B]c1cc2ccn(CC(O)CCC)c(=O)c2cc1F. The molecule has 2 radical (unpaired) electrons. The molecule has 0 fully saturated rings. The Morgan fingerprint density at radius 1 is 1.41 bits per heavy atom. The summed E-state index contributed by atoms with van der Waals surface area (Å²) in [5.41, 5.74) is 3.98. The summed E-state index contributed by atoms with van der Waals surface area (Å²) in [5.74, 6) is -0.601. The van der Waals surface area contributed by atoms with Crippen LogP contribution in [-0.2, 0) is 11.3 Å². The van der Waals surface area contributed by atoms with E-state index in [1.165, 1.54) is 10.6 Å². The van der Waals surface area contributed by atoms with E-state index in [0.29, 0.717) is 11.8 Å². The number of primary amides is 1. The fraction of sp³-hybridized carbons (Fsp3) is 0.474. The number of nitrogens with zero attached hydrogens (tertiary/aromatic N) is 1. The topological polar surface area (TPSA) is 94.6 Å². The van der Waals surface area contributed by atoms with E-state index in [2.05, 4.69) is 4.74 Å². The normalized spacial score (nSPS) is 12.2. The third-order valence-corrected chi connectivity index (χ3v) is 3.53. The van der Waals surface area contributed by atoms with Crippen LogP contribution >= 0.6 is 0 Å². The zero-order chi connectivity index (χ0) is 20.8. The standard InChI is InChI=1S/C14H15BFNO2.C5H11NO2/c1-2-3-10(18)8-17-5-4-9-6-12(15)13(16)7-11(9)14(17)19;1-5(2,3)8-4(6)7/h4-7,10,18H,2-3,8H2,1H3;1-3H3,(H2,6,7). The first-order valence-electron chi connectivity index (χ1n) is 8.69. The Morgan fingerprint density at radius 3 is 2.52 bits per heavy atom. The van der Waals surface area contributed by atoms with Crippen LogP contribution in [0.1, 0.15) is 40.5 Å². The summed E-state index contributed by atoms with van der Waals surface area (Å²) in [4.78, 5) is 22.2. The van der Waals surface area contributed by atoms with Gasteiger partial charge in [-0.3, -0.25) is 4.79 Å². The van der Waals surface area contributed by atoms with Gasteiger partial charge in [0.15, 0.2) is 0 Å². The van der Waals surface area contributed by atoms with Crippen molar-refractivity contribution >= 4 is 30.2 Å². The zero-order valence-electron chi connectivity index (χ0n) is 16.2. The average Bonchev–Trinajstić information content (AvgIpc) is 2.51. The minimum atomic E-state index is -0.725. The van der Waals surface area contributed by atoms with Crippen LogP contribution in [-0.4, -0.2) is 35.3 Å². The van der Waals surface area contributed by atoms with Gasteiger partial charge in [0.05, 0.1) is 18.0 Å². The molecule has 0 aliphatic rings. The molecule has 0 aliphatic heterocycles. The number of nitrogens with two attached hydrogens (primary N) is 1. The van der Waals surface area contributed by atoms with E-state index in [1.54, 1.807) is 33.0 Å². The summed E-state index contributed by atoms with van der Waals surface area (Å²) in [5, 5.41) is 10.6. The Kier molecular flexibility index (Phi) is 8.03. The summed E-state index contributed by atoms with van der Waals surface area (Å²) >= 11 is 0. The fourth-order valence-corrected chi connectivity index (χ4v) is 2.42. The Bertz CT molecular complexity index is 846. The van der Waals surface area contributed by atoms with E-state index in [9.17, 15) is 19.1 Å². The van der Waals surface area contributed by atoms with Gasteiger partial charge in [-0.05, 0) is 44.7 Å². The highest BCUT2D eigenvalue weighted by Gasteiger charge is 2.12. The predicted octanol–water partition coefficient (Wildman–Crippen LogP) is 1.98. The Balaban J connectivity index is 0.000000387. The lowest BCUT2D eigenvalue weighted by Crippen LogP contribution is -2.27. The van der Waals surface area contributed by atoms with Gasteiger partial charge in [0.1, 0.15) is 19.3 Å². The minimum absolute atomic E-state index is 0.0238. The van der Waals surface area contributed by atoms with Crippen molar-refractivity contribution in [1.29, 1.82) is 0 Å². The first kappa shape index (κ1) is 22.7. The van der Waals surface area contributed by atoms with E-state index in [1.807, 2.05) is 6.92 Å². The number of ether oxygens (including phenoxy) is 1. The molecule has 2 aromatic rings. The third kappa shape index (κ3) is 7.42. The molecule has 1 unspecified atom stereocenters. The largest absolute Gasteiger partial charge is 0.444 e. The highest BCUT2D eigenvalue weighted by atomic mass is 19.1. The number of fused-ring (bicyclic) bond motifs is 1. The lowest BCUT2D eigenvalue weighted by atomic mass is 9.93. The first-order chi connectivity index (χ1) is 12.4. The quantitative estimate of drug-likeness (QED) is 0.798. The number of carbonyl (C=O) groups excluding carboxylic acids is 1. The first-order valence-corrected chi connectivity index (χ1v) is 8.69. The highest BCUT2D eigenvalue weighted by Crippen LogP contribution is 2.10. The van der Waals surface area contributed by atoms with Gasteiger partial charge in [-0.15, -0.1) is 0 Å². The van der Waals surface area contributed by atoms with Crippen LogP contribution in [0, 0.1) is 5.82 Å². The van der Waals surface area contributed by atoms with Crippen molar-refractivity contribution in [2.45, 2.75) is 58.8 Å². The van der Waals surface area contributed by atoms with Gasteiger partial charge in [-0.25, -0.2) is 9.18 Å². The van der Waals surface area contributed by atoms with Crippen molar-refractivity contribution in [3.8, 4) is 0 Å². The molecule has 8 heteroatoms. The summed E-state index contributed by atoms with van der Waals surface area (Å²) in [6.45, 7) is 7.46. The maximum atomic E-state index is 13.4. The summed E-state index contributed by atoms with van der Waals surface area (Å²) in [6.07, 6.45) is 1.77. The molecule has 1 atom stereocenters. The molecule has 27 heavy (non-hydrogen) atoms. The van der Waals surface area contributed by atoms with Crippen LogP contribution in [0.15, 0.2) is 29.2 Å². The van der Waals surface area contributed by atoms with E-state index in [-0.39, 0.29) is 23.0 Å². The third-order valence-electron chi connectivity index (χ3n) is 3.53. The molecule has 0 saturated carbocycles. The maximum Gasteiger partial charge on any atom is 0.405 e. The molecule has 3 N–H and O–H groups in total. The second-order valence-electron chi connectivity index (χ2n) is 7.21. The Morgan fingerprint density at radius 2 is 2.04 bits per heavy atom. The zero-order valence-corrected chi connectivity index (χ0v) is 16.2. The van der Waals surface area contributed by atoms with Crippen LogP contribution in [0.25, 0.3) is 10.8 Å². The van der Waals surface area contributed by atoms with Crippen molar-refractivity contribution in [2.75, 3.05) is 0 Å². The number of aliphatic hydroxyl groups is 1. The number of pyridine rings is 1. The highest BCUT2D eigenvalue weighted by molar-refractivity contribution is 6.33. The monoisotopic (exact) mass is 376 g/mol. The molecule has 1 heterocycles. The molecular weight excluding hydrogens is 350 g/mol. The molecule has 2 rings (SSSR count). The van der Waals surface area contributed by atoms with Crippen LogP contribution in [0.2, 0.25) is 0 Å². The number of hydrogen-bond donors (Lipinski definition) is 2. The molecule has 1 aromatic carbocycles. The number of aromatic nitrogens is 1. The molecule has 6 nitrogen and oxygen atoms in total. The van der Waals surface area contributed by atoms with Crippen LogP contribution in [0.3, 0.4) is 0 Å². The predicted molar refractivity (Wildman–Crippen MR) is 105 cm³/mol. The van der Waals surface area contributed by atoms with Gasteiger partial charge in [0.25, 0.3) is 5.56 Å². The van der Waals surface area contributed by atoms with Crippen molar-refractivity contribution in [3.63, 3.8) is 0 Å². The molecular formula is C19H26BFN2O4. The molecule has 0 saturated heterocycles. The number of carbonyl (C=O) groups is 1. The Hall–Kier alpha value is -2.35. The van der Waals surface area contributed by atoms with Crippen molar-refractivity contribution < 1.29 is 19.0 Å². The molecule has 1 amide bonds. The van der Waals surface area contributed by atoms with Crippen LogP contribution in [0.5, 0.6) is 0 Å². The van der Waals surface area contributed by atoms with Gasteiger partial charge in [-0.2, -0.15) is 0 Å². The number of benzene rings is 1. The van der Waals surface area contributed by atoms with Crippen molar-refractivity contribution in [1.82, 2.24) is 4.57 Å². The molecule has 0 spiro atoms. The smallest absolute Gasteiger partial charge is 0.405 e. The second-order valence-corrected chi connectivity index (χ2v) is 7.21. The van der Waals surface area contributed by atoms with Crippen LogP contribution in [0.4, 0.5) is 9.18 Å². The van der Waals surface area contributed by atoms with E-state index in [4.69, 9.17) is 13.6 Å².